The quantitative estimate of drug-likeness (QED) is 0.507. The Morgan fingerprint density at radius 1 is 0.889 bits per heavy atom. The van der Waals surface area contributed by atoms with Crippen molar-refractivity contribution in [3.63, 3.8) is 0 Å². The van der Waals surface area contributed by atoms with Crippen molar-refractivity contribution in [3.8, 4) is 0 Å². The molecule has 0 saturated carbocycles. The van der Waals surface area contributed by atoms with Crippen molar-refractivity contribution in [3.05, 3.63) is 0 Å². The van der Waals surface area contributed by atoms with E-state index in [4.69, 9.17) is 0 Å². The van der Waals surface area contributed by atoms with Crippen LogP contribution in [-0.4, -0.2) is 29.9 Å². The van der Waals surface area contributed by atoms with E-state index < -0.39 is 0 Å². The van der Waals surface area contributed by atoms with Gasteiger partial charge in [0, 0.05) is 0 Å². The molecule has 0 saturated heterocycles. The Bertz CT molecular complexity index is 40.2. The van der Waals surface area contributed by atoms with Gasteiger partial charge in [0.15, 0.2) is 0 Å². The molecule has 9 heavy (non-hydrogen) atoms. The molecule has 0 bridgehead atoms. The zero-order valence-corrected chi connectivity index (χ0v) is 9.78. The van der Waals surface area contributed by atoms with Crippen LogP contribution in [0.4, 0.5) is 0 Å². The summed E-state index contributed by atoms with van der Waals surface area (Å²) in [6.07, 6.45) is 1.52. The Balaban J connectivity index is 2.60. The topological polar surface area (TPSA) is 0 Å². The molecule has 0 nitrogen and oxygen atoms in total. The summed E-state index contributed by atoms with van der Waals surface area (Å²) in [6, 6.07) is 0. The fourth-order valence-electron chi connectivity index (χ4n) is 0.552. The molecule has 0 aliphatic rings. The Hall–Kier alpha value is 1.04. The second kappa shape index (κ2) is 9.04. The molecule has 0 atom stereocenters. The zero-order valence-electron chi connectivity index (χ0n) is 6.35. The SMILES string of the molecule is CC[Se]CCC[Se]CC. The van der Waals surface area contributed by atoms with Crippen LogP contribution < -0.4 is 0 Å². The van der Waals surface area contributed by atoms with Crippen LogP contribution in [0.25, 0.3) is 0 Å². The van der Waals surface area contributed by atoms with Crippen LogP contribution in [0.2, 0.25) is 21.3 Å². The molecule has 0 fully saturated rings. The predicted molar refractivity (Wildman–Crippen MR) is 46.7 cm³/mol. The summed E-state index contributed by atoms with van der Waals surface area (Å²) in [7, 11) is 0. The van der Waals surface area contributed by atoms with Crippen molar-refractivity contribution < 1.29 is 0 Å². The van der Waals surface area contributed by atoms with Crippen molar-refractivity contribution in [1.82, 2.24) is 0 Å². The van der Waals surface area contributed by atoms with E-state index in [1.807, 2.05) is 0 Å². The summed E-state index contributed by atoms with van der Waals surface area (Å²) in [4.78, 5) is 0. The van der Waals surface area contributed by atoms with Gasteiger partial charge in [0.2, 0.25) is 0 Å². The maximum atomic E-state index is 2.30. The van der Waals surface area contributed by atoms with Crippen molar-refractivity contribution in [1.29, 1.82) is 0 Å². The van der Waals surface area contributed by atoms with Gasteiger partial charge in [-0.1, -0.05) is 0 Å². The molecule has 0 spiro atoms. The van der Waals surface area contributed by atoms with Gasteiger partial charge in [-0.3, -0.25) is 0 Å². The van der Waals surface area contributed by atoms with E-state index in [1.165, 1.54) is 27.7 Å². The summed E-state index contributed by atoms with van der Waals surface area (Å²) < 4.78 is 0. The molecule has 0 radical (unpaired) electrons. The van der Waals surface area contributed by atoms with Crippen LogP contribution in [-0.2, 0) is 0 Å². The van der Waals surface area contributed by atoms with Crippen LogP contribution in [0, 0.1) is 0 Å². The van der Waals surface area contributed by atoms with Crippen molar-refractivity contribution in [2.45, 2.75) is 41.5 Å². The number of rotatable bonds is 6. The first-order valence-electron chi connectivity index (χ1n) is 3.57. The normalized spacial score (nSPS) is 10.0. The van der Waals surface area contributed by atoms with Crippen LogP contribution >= 0.6 is 0 Å². The molecular weight excluding hydrogens is 242 g/mol. The average Bonchev–Trinajstić information content (AvgIpc) is 1.89. The number of hydrogen-bond acceptors (Lipinski definition) is 0. The zero-order chi connectivity index (χ0) is 6.95. The minimum absolute atomic E-state index is 0.976. The van der Waals surface area contributed by atoms with Crippen LogP contribution in [0.15, 0.2) is 0 Å². The first-order valence-corrected chi connectivity index (χ1v) is 8.41. The summed E-state index contributed by atoms with van der Waals surface area (Å²) in [5.41, 5.74) is 0. The van der Waals surface area contributed by atoms with Crippen LogP contribution in [0.3, 0.4) is 0 Å². The molecule has 0 aromatic carbocycles. The first-order chi connectivity index (χ1) is 4.41. The number of hydrogen-bond donors (Lipinski definition) is 0. The van der Waals surface area contributed by atoms with Gasteiger partial charge in [0.25, 0.3) is 0 Å². The van der Waals surface area contributed by atoms with Gasteiger partial charge in [-0.2, -0.15) is 0 Å². The van der Waals surface area contributed by atoms with Gasteiger partial charge < -0.3 is 0 Å². The summed E-state index contributed by atoms with van der Waals surface area (Å²) in [5.74, 6) is 0. The average molecular weight is 258 g/mol. The molecule has 2 heteroatoms. The Labute approximate surface area is 71.5 Å². The van der Waals surface area contributed by atoms with Crippen LogP contribution in [0.1, 0.15) is 20.3 Å². The Morgan fingerprint density at radius 3 is 1.67 bits per heavy atom. The van der Waals surface area contributed by atoms with Gasteiger partial charge in [-0.25, -0.2) is 0 Å². The van der Waals surface area contributed by atoms with Crippen molar-refractivity contribution in [2.24, 2.45) is 0 Å². The summed E-state index contributed by atoms with van der Waals surface area (Å²) in [5, 5.41) is 5.94. The molecule has 0 aromatic rings. The Kier molecular flexibility index (Phi) is 10.1. The van der Waals surface area contributed by atoms with E-state index >= 15 is 0 Å². The van der Waals surface area contributed by atoms with E-state index in [0.29, 0.717) is 0 Å². The molecule has 0 aliphatic carbocycles. The molecule has 0 heterocycles. The monoisotopic (exact) mass is 260 g/mol. The first kappa shape index (κ1) is 10.0. The third kappa shape index (κ3) is 9.04. The molecule has 56 valence electrons. The van der Waals surface area contributed by atoms with E-state index in [1.54, 1.807) is 0 Å². The van der Waals surface area contributed by atoms with Gasteiger partial charge in [-0.05, 0) is 0 Å². The minimum atomic E-state index is 0.976. The third-order valence-electron chi connectivity index (χ3n) is 0.986. The fraction of sp³-hybridized carbons (Fsp3) is 1.00. The third-order valence-corrected chi connectivity index (χ3v) is 5.12. The summed E-state index contributed by atoms with van der Waals surface area (Å²) in [6.45, 7) is 4.59. The molecular formula is C7H16Se2. The second-order valence-electron chi connectivity index (χ2n) is 1.75. The van der Waals surface area contributed by atoms with E-state index in [-0.39, 0.29) is 0 Å². The van der Waals surface area contributed by atoms with Gasteiger partial charge in [-0.15, -0.1) is 0 Å². The van der Waals surface area contributed by atoms with Gasteiger partial charge >= 0.3 is 71.5 Å². The fourth-order valence-corrected chi connectivity index (χ4v) is 4.15. The predicted octanol–water partition coefficient (Wildman–Crippen LogP) is 2.50. The maximum absolute atomic E-state index is 2.30. The molecule has 0 amide bonds. The Morgan fingerprint density at radius 2 is 1.33 bits per heavy atom. The van der Waals surface area contributed by atoms with Gasteiger partial charge in [0.05, 0.1) is 0 Å². The second-order valence-corrected chi connectivity index (χ2v) is 7.60. The van der Waals surface area contributed by atoms with E-state index in [9.17, 15) is 0 Å². The van der Waals surface area contributed by atoms with Crippen molar-refractivity contribution in [2.75, 3.05) is 0 Å². The van der Waals surface area contributed by atoms with Crippen molar-refractivity contribution >= 4 is 29.9 Å². The molecule has 0 rings (SSSR count). The van der Waals surface area contributed by atoms with Gasteiger partial charge in [0.1, 0.15) is 0 Å². The van der Waals surface area contributed by atoms with E-state index in [0.717, 1.165) is 29.9 Å². The van der Waals surface area contributed by atoms with Crippen LogP contribution in [0.5, 0.6) is 0 Å². The van der Waals surface area contributed by atoms with E-state index in [2.05, 4.69) is 13.8 Å². The molecule has 0 unspecified atom stereocenters. The molecule has 0 aliphatic heterocycles. The molecule has 0 N–H and O–H groups in total. The molecule has 0 aromatic heterocycles. The summed E-state index contributed by atoms with van der Waals surface area (Å²) >= 11 is 1.95. The standard InChI is InChI=1S/C7H16Se2/c1-3-8-6-5-7-9-4-2/h3-7H2,1-2H3.